The standard InChI is InChI=1S/C17H23N5OS/c1-10-6-5-9-13(11(10)2)18-17(24)22-21-16(23)15-12-7-3-4-8-14(12)19-20-15/h3-4,7-8,10-11,13H,5-6,9H2,1-2H3,(H,19,20)(H,21,23)(H2,18,22,24)/t10-,11-,13+/m1/s1. The highest BCUT2D eigenvalue weighted by atomic mass is 32.1. The smallest absolute Gasteiger partial charge is 0.290 e. The SMILES string of the molecule is C[C@@H]1[C@H](C)CCC[C@@H]1NC(=S)NNC(=O)c1n[nH]c2ccccc12. The van der Waals surface area contributed by atoms with E-state index in [1.807, 2.05) is 24.3 Å². The van der Waals surface area contributed by atoms with Gasteiger partial charge < -0.3 is 5.32 Å². The molecule has 1 aliphatic carbocycles. The number of nitrogens with one attached hydrogen (secondary N) is 4. The second kappa shape index (κ2) is 7.17. The molecule has 128 valence electrons. The van der Waals surface area contributed by atoms with Crippen LogP contribution in [0.25, 0.3) is 10.9 Å². The Bertz CT molecular complexity index is 743. The number of hydrogen-bond acceptors (Lipinski definition) is 3. The van der Waals surface area contributed by atoms with Crippen LogP contribution in [0.4, 0.5) is 0 Å². The lowest BCUT2D eigenvalue weighted by molar-refractivity contribution is 0.0939. The Morgan fingerprint density at radius 1 is 1.25 bits per heavy atom. The van der Waals surface area contributed by atoms with Crippen LogP contribution in [0, 0.1) is 11.8 Å². The number of nitrogens with zero attached hydrogens (tertiary/aromatic N) is 1. The van der Waals surface area contributed by atoms with Gasteiger partial charge in [0.2, 0.25) is 0 Å². The fraction of sp³-hybridized carbons (Fsp3) is 0.471. The molecule has 0 saturated heterocycles. The predicted molar refractivity (Wildman–Crippen MR) is 98.4 cm³/mol. The fourth-order valence-electron chi connectivity index (χ4n) is 3.30. The van der Waals surface area contributed by atoms with Crippen LogP contribution >= 0.6 is 12.2 Å². The van der Waals surface area contributed by atoms with Crippen LogP contribution in [0.2, 0.25) is 0 Å². The fourth-order valence-corrected chi connectivity index (χ4v) is 3.50. The van der Waals surface area contributed by atoms with Gasteiger partial charge in [-0.25, -0.2) is 0 Å². The zero-order chi connectivity index (χ0) is 17.1. The largest absolute Gasteiger partial charge is 0.358 e. The van der Waals surface area contributed by atoms with Gasteiger partial charge in [-0.05, 0) is 36.5 Å². The first-order valence-electron chi connectivity index (χ1n) is 8.36. The van der Waals surface area contributed by atoms with E-state index in [0.29, 0.717) is 28.7 Å². The van der Waals surface area contributed by atoms with Gasteiger partial charge in [-0.15, -0.1) is 0 Å². The van der Waals surface area contributed by atoms with E-state index >= 15 is 0 Å². The van der Waals surface area contributed by atoms with E-state index in [4.69, 9.17) is 12.2 Å². The lowest BCUT2D eigenvalue weighted by atomic mass is 9.78. The second-order valence-electron chi connectivity index (χ2n) is 6.54. The summed E-state index contributed by atoms with van der Waals surface area (Å²) in [6.07, 6.45) is 3.57. The van der Waals surface area contributed by atoms with Crippen LogP contribution in [0.5, 0.6) is 0 Å². The molecule has 1 aliphatic rings. The topological polar surface area (TPSA) is 81.8 Å². The minimum atomic E-state index is -0.318. The Morgan fingerprint density at radius 3 is 2.88 bits per heavy atom. The first-order chi connectivity index (χ1) is 11.6. The lowest BCUT2D eigenvalue weighted by Gasteiger charge is -2.35. The number of carbonyl (C=O) groups excluding carboxylic acids is 1. The third-order valence-corrected chi connectivity index (χ3v) is 5.22. The van der Waals surface area contributed by atoms with Crippen molar-refractivity contribution in [1.29, 1.82) is 0 Å². The van der Waals surface area contributed by atoms with Crippen molar-refractivity contribution in [3.8, 4) is 0 Å². The highest BCUT2D eigenvalue weighted by molar-refractivity contribution is 7.80. The van der Waals surface area contributed by atoms with E-state index in [1.165, 1.54) is 12.8 Å². The Kier molecular flexibility index (Phi) is 4.99. The molecule has 3 rings (SSSR count). The summed E-state index contributed by atoms with van der Waals surface area (Å²) in [5, 5.41) is 11.5. The third kappa shape index (κ3) is 3.51. The summed E-state index contributed by atoms with van der Waals surface area (Å²) in [5.74, 6) is 0.926. The molecule has 1 aromatic carbocycles. The summed E-state index contributed by atoms with van der Waals surface area (Å²) >= 11 is 5.30. The molecule has 1 heterocycles. The highest BCUT2D eigenvalue weighted by Gasteiger charge is 2.27. The maximum atomic E-state index is 12.3. The van der Waals surface area contributed by atoms with Gasteiger partial charge in [0.15, 0.2) is 10.8 Å². The maximum Gasteiger partial charge on any atom is 0.290 e. The second-order valence-corrected chi connectivity index (χ2v) is 6.95. The number of thiocarbonyl (C=S) groups is 1. The molecule has 4 N–H and O–H groups in total. The number of hydrogen-bond donors (Lipinski definition) is 4. The summed E-state index contributed by atoms with van der Waals surface area (Å²) < 4.78 is 0. The average Bonchev–Trinajstić information content (AvgIpc) is 3.01. The van der Waals surface area contributed by atoms with Crippen molar-refractivity contribution >= 4 is 34.1 Å². The highest BCUT2D eigenvalue weighted by Crippen LogP contribution is 2.29. The lowest BCUT2D eigenvalue weighted by Crippen LogP contribution is -2.52. The van der Waals surface area contributed by atoms with Gasteiger partial charge in [0.25, 0.3) is 5.91 Å². The van der Waals surface area contributed by atoms with Crippen molar-refractivity contribution in [3.05, 3.63) is 30.0 Å². The van der Waals surface area contributed by atoms with Gasteiger partial charge in [-0.1, -0.05) is 44.9 Å². The van der Waals surface area contributed by atoms with Crippen molar-refractivity contribution in [2.75, 3.05) is 0 Å². The van der Waals surface area contributed by atoms with Crippen LogP contribution in [-0.4, -0.2) is 27.3 Å². The summed E-state index contributed by atoms with van der Waals surface area (Å²) in [7, 11) is 0. The Morgan fingerprint density at radius 2 is 2.04 bits per heavy atom. The van der Waals surface area contributed by atoms with E-state index in [9.17, 15) is 4.79 Å². The Labute approximate surface area is 146 Å². The Hall–Kier alpha value is -2.15. The monoisotopic (exact) mass is 345 g/mol. The first kappa shape index (κ1) is 16.7. The molecule has 2 aromatic rings. The number of aromatic amines is 1. The number of aromatic nitrogens is 2. The minimum absolute atomic E-state index is 0.318. The normalized spacial score (nSPS) is 23.7. The third-order valence-electron chi connectivity index (χ3n) is 5.00. The molecule has 1 saturated carbocycles. The van der Waals surface area contributed by atoms with E-state index < -0.39 is 0 Å². The summed E-state index contributed by atoms with van der Waals surface area (Å²) in [4.78, 5) is 12.3. The maximum absolute atomic E-state index is 12.3. The molecule has 0 unspecified atom stereocenters. The van der Waals surface area contributed by atoms with Crippen molar-refractivity contribution in [3.63, 3.8) is 0 Å². The van der Waals surface area contributed by atoms with Gasteiger partial charge in [0, 0.05) is 11.4 Å². The molecule has 0 aliphatic heterocycles. The molecule has 1 fully saturated rings. The molecule has 1 aromatic heterocycles. The number of H-pyrrole nitrogens is 1. The predicted octanol–water partition coefficient (Wildman–Crippen LogP) is 2.50. The van der Waals surface area contributed by atoms with E-state index in [1.54, 1.807) is 0 Å². The molecule has 0 spiro atoms. The number of para-hydroxylation sites is 1. The van der Waals surface area contributed by atoms with Crippen molar-refractivity contribution in [2.45, 2.75) is 39.2 Å². The van der Waals surface area contributed by atoms with Crippen molar-refractivity contribution in [2.24, 2.45) is 11.8 Å². The van der Waals surface area contributed by atoms with Crippen molar-refractivity contribution in [1.82, 2.24) is 26.4 Å². The minimum Gasteiger partial charge on any atom is -0.358 e. The molecule has 0 bridgehead atoms. The van der Waals surface area contributed by atoms with Crippen molar-refractivity contribution < 1.29 is 4.79 Å². The van der Waals surface area contributed by atoms with Crippen LogP contribution in [0.3, 0.4) is 0 Å². The zero-order valence-corrected chi connectivity index (χ0v) is 14.7. The van der Waals surface area contributed by atoms with Gasteiger partial charge in [-0.2, -0.15) is 5.10 Å². The summed E-state index contributed by atoms with van der Waals surface area (Å²) in [6, 6.07) is 7.85. The van der Waals surface area contributed by atoms with Crippen LogP contribution in [-0.2, 0) is 0 Å². The number of benzene rings is 1. The molecule has 1 amide bonds. The zero-order valence-electron chi connectivity index (χ0n) is 13.9. The number of hydrazine groups is 1. The van der Waals surface area contributed by atoms with E-state index in [-0.39, 0.29) is 5.91 Å². The molecule has 0 radical (unpaired) electrons. The molecule has 7 heteroatoms. The van der Waals surface area contributed by atoms with Gasteiger partial charge in [0.1, 0.15) is 0 Å². The van der Waals surface area contributed by atoms with E-state index in [2.05, 4.69) is 40.2 Å². The molecular weight excluding hydrogens is 322 g/mol. The van der Waals surface area contributed by atoms with Crippen LogP contribution in [0.1, 0.15) is 43.6 Å². The quantitative estimate of drug-likeness (QED) is 0.497. The Balaban J connectivity index is 1.55. The van der Waals surface area contributed by atoms with Crippen LogP contribution < -0.4 is 16.2 Å². The molecule has 6 nitrogen and oxygen atoms in total. The van der Waals surface area contributed by atoms with Gasteiger partial charge >= 0.3 is 0 Å². The first-order valence-corrected chi connectivity index (χ1v) is 8.77. The average molecular weight is 345 g/mol. The number of rotatable bonds is 2. The molecule has 3 atom stereocenters. The number of amides is 1. The summed E-state index contributed by atoms with van der Waals surface area (Å²) in [5.41, 5.74) is 6.58. The number of carbonyl (C=O) groups is 1. The van der Waals surface area contributed by atoms with E-state index in [0.717, 1.165) is 17.3 Å². The number of fused-ring (bicyclic) bond motifs is 1. The van der Waals surface area contributed by atoms with Gasteiger partial charge in [-0.3, -0.25) is 20.7 Å². The van der Waals surface area contributed by atoms with Gasteiger partial charge in [0.05, 0.1) is 5.52 Å². The van der Waals surface area contributed by atoms with Crippen LogP contribution in [0.15, 0.2) is 24.3 Å². The molecular formula is C17H23N5OS. The molecule has 24 heavy (non-hydrogen) atoms. The summed E-state index contributed by atoms with van der Waals surface area (Å²) in [6.45, 7) is 4.53.